The van der Waals surface area contributed by atoms with Gasteiger partial charge in [-0.25, -0.2) is 4.68 Å². The maximum atomic E-state index is 12.8. The van der Waals surface area contributed by atoms with Gasteiger partial charge in [0.25, 0.3) is 5.91 Å². The molecule has 28 heavy (non-hydrogen) atoms. The molecular formula is C18H18F3N5O2. The van der Waals surface area contributed by atoms with Crippen molar-refractivity contribution in [2.75, 3.05) is 13.7 Å². The monoisotopic (exact) mass is 393 g/mol. The molecule has 0 saturated heterocycles. The molecule has 0 spiro atoms. The molecule has 3 rings (SSSR count). The van der Waals surface area contributed by atoms with E-state index in [9.17, 15) is 18.0 Å². The average Bonchev–Trinajstić information content (AvgIpc) is 3.33. The molecule has 7 nitrogen and oxygen atoms in total. The molecule has 1 aromatic carbocycles. The summed E-state index contributed by atoms with van der Waals surface area (Å²) in [5.74, 6) is -0.435. The van der Waals surface area contributed by atoms with Gasteiger partial charge in [-0.15, -0.1) is 0 Å². The number of halogens is 3. The Kier molecular flexibility index (Phi) is 5.78. The van der Waals surface area contributed by atoms with Gasteiger partial charge >= 0.3 is 6.18 Å². The molecule has 1 N–H and O–H groups in total. The number of amides is 1. The number of nitrogens with one attached hydrogen (secondary N) is 1. The van der Waals surface area contributed by atoms with Crippen molar-refractivity contribution in [3.8, 4) is 5.69 Å². The van der Waals surface area contributed by atoms with Crippen LogP contribution in [0, 0.1) is 0 Å². The lowest BCUT2D eigenvalue weighted by Gasteiger charge is -2.08. The first kappa shape index (κ1) is 19.6. The third kappa shape index (κ3) is 4.77. The lowest BCUT2D eigenvalue weighted by Crippen LogP contribution is -2.23. The number of methoxy groups -OCH3 is 1. The maximum Gasteiger partial charge on any atom is 0.416 e. The van der Waals surface area contributed by atoms with E-state index in [0.717, 1.165) is 17.7 Å². The van der Waals surface area contributed by atoms with Crippen molar-refractivity contribution in [3.05, 3.63) is 65.7 Å². The Morgan fingerprint density at radius 1 is 1.29 bits per heavy atom. The van der Waals surface area contributed by atoms with Crippen LogP contribution in [0.5, 0.6) is 0 Å². The van der Waals surface area contributed by atoms with Crippen LogP contribution >= 0.6 is 0 Å². The SMILES string of the molecule is COCCn1cc(CNC(=O)c2ccn(-c3cccc(C(F)(F)F)c3)n2)cn1. The molecule has 2 aromatic heterocycles. The summed E-state index contributed by atoms with van der Waals surface area (Å²) in [7, 11) is 1.60. The van der Waals surface area contributed by atoms with Gasteiger partial charge in [-0.05, 0) is 24.3 Å². The van der Waals surface area contributed by atoms with Crippen LogP contribution in [0.2, 0.25) is 0 Å². The summed E-state index contributed by atoms with van der Waals surface area (Å²) in [4.78, 5) is 12.3. The fourth-order valence-corrected chi connectivity index (χ4v) is 2.49. The predicted octanol–water partition coefficient (Wildman–Crippen LogP) is 2.66. The van der Waals surface area contributed by atoms with Crippen molar-refractivity contribution in [1.82, 2.24) is 24.9 Å². The zero-order chi connectivity index (χ0) is 20.1. The number of benzene rings is 1. The molecule has 0 bridgehead atoms. The number of hydrogen-bond donors (Lipinski definition) is 1. The van der Waals surface area contributed by atoms with E-state index in [0.29, 0.717) is 13.2 Å². The molecule has 0 atom stereocenters. The lowest BCUT2D eigenvalue weighted by molar-refractivity contribution is -0.137. The summed E-state index contributed by atoms with van der Waals surface area (Å²) in [6, 6.07) is 6.17. The van der Waals surface area contributed by atoms with Crippen LogP contribution in [0.1, 0.15) is 21.6 Å². The molecule has 3 aromatic rings. The van der Waals surface area contributed by atoms with Gasteiger partial charge < -0.3 is 10.1 Å². The predicted molar refractivity (Wildman–Crippen MR) is 93.8 cm³/mol. The minimum atomic E-state index is -4.45. The molecule has 1 amide bonds. The summed E-state index contributed by atoms with van der Waals surface area (Å²) in [5, 5.41) is 10.9. The van der Waals surface area contributed by atoms with E-state index in [1.54, 1.807) is 24.2 Å². The smallest absolute Gasteiger partial charge is 0.383 e. The molecule has 0 aliphatic heterocycles. The van der Waals surface area contributed by atoms with Crippen molar-refractivity contribution in [2.24, 2.45) is 0 Å². The van der Waals surface area contributed by atoms with Gasteiger partial charge in [-0.2, -0.15) is 23.4 Å². The van der Waals surface area contributed by atoms with Gasteiger partial charge in [0, 0.05) is 31.6 Å². The average molecular weight is 393 g/mol. The van der Waals surface area contributed by atoms with Crippen molar-refractivity contribution in [1.29, 1.82) is 0 Å². The summed E-state index contributed by atoms with van der Waals surface area (Å²) in [6.07, 6.45) is 0.419. The van der Waals surface area contributed by atoms with Crippen molar-refractivity contribution < 1.29 is 22.7 Å². The van der Waals surface area contributed by atoms with Gasteiger partial charge in [0.05, 0.1) is 30.6 Å². The highest BCUT2D eigenvalue weighted by atomic mass is 19.4. The molecule has 0 aliphatic rings. The Morgan fingerprint density at radius 2 is 2.11 bits per heavy atom. The Hall–Kier alpha value is -3.14. The molecule has 0 aliphatic carbocycles. The summed E-state index contributed by atoms with van der Waals surface area (Å²) >= 11 is 0. The van der Waals surface area contributed by atoms with Crippen LogP contribution in [0.3, 0.4) is 0 Å². The number of alkyl halides is 3. The topological polar surface area (TPSA) is 74.0 Å². The molecule has 0 unspecified atom stereocenters. The standard InChI is InChI=1S/C18H18F3N5O2/c1-28-8-7-25-12-13(11-23-25)10-22-17(27)16-5-6-26(24-16)15-4-2-3-14(9-15)18(19,20)21/h2-6,9,11-12H,7-8,10H2,1H3,(H,22,27). The molecule has 0 radical (unpaired) electrons. The molecule has 0 saturated carbocycles. The summed E-state index contributed by atoms with van der Waals surface area (Å²) < 4.78 is 46.4. The van der Waals surface area contributed by atoms with Crippen LogP contribution in [0.4, 0.5) is 13.2 Å². The van der Waals surface area contributed by atoms with E-state index in [-0.39, 0.29) is 17.9 Å². The minimum Gasteiger partial charge on any atom is -0.383 e. The van der Waals surface area contributed by atoms with Crippen molar-refractivity contribution >= 4 is 5.91 Å². The fourth-order valence-electron chi connectivity index (χ4n) is 2.49. The van der Waals surface area contributed by atoms with E-state index in [4.69, 9.17) is 4.74 Å². The molecule has 2 heterocycles. The first-order valence-electron chi connectivity index (χ1n) is 8.38. The third-order valence-electron chi connectivity index (χ3n) is 3.92. The number of carbonyl (C=O) groups excluding carboxylic acids is 1. The normalized spacial score (nSPS) is 11.6. The number of hydrogen-bond acceptors (Lipinski definition) is 4. The minimum absolute atomic E-state index is 0.101. The number of ether oxygens (including phenoxy) is 1. The molecule has 148 valence electrons. The van der Waals surface area contributed by atoms with Gasteiger partial charge in [0.1, 0.15) is 0 Å². The number of aromatic nitrogens is 4. The Labute approximate surface area is 158 Å². The number of carbonyl (C=O) groups is 1. The molecule has 0 fully saturated rings. The van der Waals surface area contributed by atoms with E-state index < -0.39 is 17.6 Å². The van der Waals surface area contributed by atoms with E-state index in [2.05, 4.69) is 15.5 Å². The number of nitrogens with zero attached hydrogens (tertiary/aromatic N) is 4. The highest BCUT2D eigenvalue weighted by molar-refractivity contribution is 5.92. The first-order valence-corrected chi connectivity index (χ1v) is 8.38. The highest BCUT2D eigenvalue weighted by Crippen LogP contribution is 2.30. The summed E-state index contributed by atoms with van der Waals surface area (Å²) in [5.41, 5.74) is 0.344. The van der Waals surface area contributed by atoms with Crippen LogP contribution in [0.25, 0.3) is 5.69 Å². The van der Waals surface area contributed by atoms with Crippen LogP contribution in [-0.4, -0.2) is 39.2 Å². The highest BCUT2D eigenvalue weighted by Gasteiger charge is 2.30. The third-order valence-corrected chi connectivity index (χ3v) is 3.92. The second kappa shape index (κ2) is 8.26. The lowest BCUT2D eigenvalue weighted by atomic mass is 10.2. The van der Waals surface area contributed by atoms with Crippen LogP contribution < -0.4 is 5.32 Å². The van der Waals surface area contributed by atoms with Crippen molar-refractivity contribution in [3.63, 3.8) is 0 Å². The van der Waals surface area contributed by atoms with Gasteiger partial charge in [-0.1, -0.05) is 6.07 Å². The number of rotatable bonds is 7. The summed E-state index contributed by atoms with van der Waals surface area (Å²) in [6.45, 7) is 1.38. The second-order valence-electron chi connectivity index (χ2n) is 5.98. The van der Waals surface area contributed by atoms with Crippen LogP contribution in [0.15, 0.2) is 48.9 Å². The van der Waals surface area contributed by atoms with E-state index in [1.807, 2.05) is 0 Å². The Bertz CT molecular complexity index is 949. The zero-order valence-corrected chi connectivity index (χ0v) is 15.0. The van der Waals surface area contributed by atoms with Gasteiger partial charge in [0.2, 0.25) is 0 Å². The van der Waals surface area contributed by atoms with E-state index >= 15 is 0 Å². The maximum absolute atomic E-state index is 12.8. The van der Waals surface area contributed by atoms with Gasteiger partial charge in [-0.3, -0.25) is 9.48 Å². The van der Waals surface area contributed by atoms with Crippen molar-refractivity contribution in [2.45, 2.75) is 19.3 Å². The van der Waals surface area contributed by atoms with Gasteiger partial charge in [0.15, 0.2) is 5.69 Å². The fraction of sp³-hybridized carbons (Fsp3) is 0.278. The molecule has 10 heteroatoms. The first-order chi connectivity index (χ1) is 13.4. The zero-order valence-electron chi connectivity index (χ0n) is 15.0. The largest absolute Gasteiger partial charge is 0.416 e. The van der Waals surface area contributed by atoms with Crippen LogP contribution in [-0.2, 0) is 24.0 Å². The van der Waals surface area contributed by atoms with E-state index in [1.165, 1.54) is 29.1 Å². The molecular weight excluding hydrogens is 375 g/mol. The quantitative estimate of drug-likeness (QED) is 0.670. The Morgan fingerprint density at radius 3 is 2.86 bits per heavy atom. The second-order valence-corrected chi connectivity index (χ2v) is 5.98. The Balaban J connectivity index is 1.63.